The molecule has 1 saturated heterocycles. The fourth-order valence-electron chi connectivity index (χ4n) is 2.85. The van der Waals surface area contributed by atoms with Gasteiger partial charge in [-0.3, -0.25) is 0 Å². The largest absolute Gasteiger partial charge is 0.379 e. The molecule has 134 valence electrons. The summed E-state index contributed by atoms with van der Waals surface area (Å²) in [5.74, 6) is 0.746. The lowest BCUT2D eigenvalue weighted by Crippen LogP contribution is -2.40. The summed E-state index contributed by atoms with van der Waals surface area (Å²) in [6, 6.07) is 13.7. The minimum atomic E-state index is -3.44. The van der Waals surface area contributed by atoms with E-state index in [0.29, 0.717) is 31.2 Å². The summed E-state index contributed by atoms with van der Waals surface area (Å²) < 4.78 is 32.3. The molecule has 0 aliphatic carbocycles. The van der Waals surface area contributed by atoms with Crippen molar-refractivity contribution in [2.45, 2.75) is 29.4 Å². The minimum Gasteiger partial charge on any atom is -0.379 e. The van der Waals surface area contributed by atoms with Crippen LogP contribution in [0.2, 0.25) is 0 Å². The summed E-state index contributed by atoms with van der Waals surface area (Å²) in [5.41, 5.74) is 3.52. The zero-order valence-corrected chi connectivity index (χ0v) is 16.2. The van der Waals surface area contributed by atoms with E-state index in [1.54, 1.807) is 23.9 Å². The second-order valence-corrected chi connectivity index (χ2v) is 9.18. The normalized spacial score (nSPS) is 16.1. The number of aryl methyl sites for hydroxylation is 2. The Morgan fingerprint density at radius 1 is 1.08 bits per heavy atom. The lowest BCUT2D eigenvalue weighted by Gasteiger charge is -2.26. The maximum atomic E-state index is 12.8. The third-order valence-corrected chi connectivity index (χ3v) is 7.37. The average molecular weight is 378 g/mol. The molecule has 0 N–H and O–H groups in total. The molecular weight excluding hydrogens is 354 g/mol. The quantitative estimate of drug-likeness (QED) is 0.747. The highest BCUT2D eigenvalue weighted by Crippen LogP contribution is 2.28. The molecule has 1 heterocycles. The van der Waals surface area contributed by atoms with Gasteiger partial charge in [0.15, 0.2) is 0 Å². The van der Waals surface area contributed by atoms with Crippen LogP contribution in [0.1, 0.15) is 16.7 Å². The van der Waals surface area contributed by atoms with Gasteiger partial charge in [0.1, 0.15) is 0 Å². The second-order valence-electron chi connectivity index (χ2n) is 6.22. The fourth-order valence-corrected chi connectivity index (χ4v) is 5.29. The number of hydrogen-bond donors (Lipinski definition) is 0. The van der Waals surface area contributed by atoms with Crippen LogP contribution in [0.5, 0.6) is 0 Å². The van der Waals surface area contributed by atoms with Crippen molar-refractivity contribution < 1.29 is 13.2 Å². The number of hydrogen-bond acceptors (Lipinski definition) is 4. The molecule has 1 aliphatic heterocycles. The van der Waals surface area contributed by atoms with Crippen LogP contribution < -0.4 is 0 Å². The standard InChI is InChI=1S/C19H23NO3S2/c1-15-6-7-19(16(2)12-15)24-14-17-4-3-5-18(13-17)25(21,22)20-8-10-23-11-9-20/h3-7,12-13H,8-11,14H2,1-2H3. The van der Waals surface area contributed by atoms with E-state index in [1.165, 1.54) is 20.3 Å². The van der Waals surface area contributed by atoms with Crippen molar-refractivity contribution >= 4 is 21.8 Å². The smallest absolute Gasteiger partial charge is 0.243 e. The second kappa shape index (κ2) is 7.91. The Kier molecular flexibility index (Phi) is 5.84. The van der Waals surface area contributed by atoms with E-state index in [4.69, 9.17) is 4.74 Å². The van der Waals surface area contributed by atoms with Gasteiger partial charge in [-0.1, -0.05) is 29.8 Å². The highest BCUT2D eigenvalue weighted by molar-refractivity contribution is 7.98. The molecule has 4 nitrogen and oxygen atoms in total. The van der Waals surface area contributed by atoms with Crippen LogP contribution >= 0.6 is 11.8 Å². The number of nitrogens with zero attached hydrogens (tertiary/aromatic N) is 1. The molecule has 1 fully saturated rings. The van der Waals surface area contributed by atoms with E-state index in [0.717, 1.165) is 11.3 Å². The highest BCUT2D eigenvalue weighted by atomic mass is 32.2. The van der Waals surface area contributed by atoms with Gasteiger partial charge in [-0.15, -0.1) is 11.8 Å². The molecule has 0 unspecified atom stereocenters. The first kappa shape index (κ1) is 18.5. The summed E-state index contributed by atoms with van der Waals surface area (Å²) in [6.07, 6.45) is 0. The summed E-state index contributed by atoms with van der Waals surface area (Å²) in [6.45, 7) is 5.95. The van der Waals surface area contributed by atoms with Crippen LogP contribution in [0.25, 0.3) is 0 Å². The lowest BCUT2D eigenvalue weighted by molar-refractivity contribution is 0.0730. The first-order valence-electron chi connectivity index (χ1n) is 8.34. The first-order chi connectivity index (χ1) is 12.0. The van der Waals surface area contributed by atoms with Crippen molar-refractivity contribution in [2.24, 2.45) is 0 Å². The van der Waals surface area contributed by atoms with Crippen LogP contribution in [0.4, 0.5) is 0 Å². The summed E-state index contributed by atoms with van der Waals surface area (Å²) in [7, 11) is -3.44. The predicted molar refractivity (Wildman–Crippen MR) is 101 cm³/mol. The number of rotatable bonds is 5. The van der Waals surface area contributed by atoms with Gasteiger partial charge in [-0.05, 0) is 43.2 Å². The van der Waals surface area contributed by atoms with Crippen molar-refractivity contribution in [3.05, 3.63) is 59.2 Å². The molecule has 2 aromatic carbocycles. The van der Waals surface area contributed by atoms with Crippen molar-refractivity contribution in [1.29, 1.82) is 0 Å². The monoisotopic (exact) mass is 377 g/mol. The topological polar surface area (TPSA) is 46.6 Å². The third-order valence-electron chi connectivity index (χ3n) is 4.23. The molecule has 6 heteroatoms. The molecule has 3 rings (SSSR count). The number of benzene rings is 2. The molecule has 0 bridgehead atoms. The molecule has 25 heavy (non-hydrogen) atoms. The molecule has 0 atom stereocenters. The first-order valence-corrected chi connectivity index (χ1v) is 10.8. The molecular formula is C19H23NO3S2. The molecule has 1 aliphatic rings. The van der Waals surface area contributed by atoms with Crippen molar-refractivity contribution in [3.8, 4) is 0 Å². The van der Waals surface area contributed by atoms with Gasteiger partial charge in [0.05, 0.1) is 18.1 Å². The van der Waals surface area contributed by atoms with Gasteiger partial charge >= 0.3 is 0 Å². The van der Waals surface area contributed by atoms with Gasteiger partial charge in [0.2, 0.25) is 10.0 Å². The number of thioether (sulfide) groups is 1. The van der Waals surface area contributed by atoms with Crippen LogP contribution in [-0.2, 0) is 20.5 Å². The van der Waals surface area contributed by atoms with E-state index in [1.807, 2.05) is 12.1 Å². The predicted octanol–water partition coefficient (Wildman–Crippen LogP) is 3.62. The molecule has 0 aromatic heterocycles. The van der Waals surface area contributed by atoms with Crippen molar-refractivity contribution in [3.63, 3.8) is 0 Å². The Labute approximate surface area is 154 Å². The highest BCUT2D eigenvalue weighted by Gasteiger charge is 2.26. The van der Waals surface area contributed by atoms with Crippen molar-refractivity contribution in [2.75, 3.05) is 26.3 Å². The average Bonchev–Trinajstić information content (AvgIpc) is 2.62. The van der Waals surface area contributed by atoms with Crippen LogP contribution in [0, 0.1) is 13.8 Å². The van der Waals surface area contributed by atoms with Gasteiger partial charge in [0, 0.05) is 23.7 Å². The summed E-state index contributed by atoms with van der Waals surface area (Å²) >= 11 is 1.74. The summed E-state index contributed by atoms with van der Waals surface area (Å²) in [5, 5.41) is 0. The third kappa shape index (κ3) is 4.44. The van der Waals surface area contributed by atoms with Crippen LogP contribution in [0.15, 0.2) is 52.3 Å². The Morgan fingerprint density at radius 3 is 2.56 bits per heavy atom. The fraction of sp³-hybridized carbons (Fsp3) is 0.368. The van der Waals surface area contributed by atoms with Crippen molar-refractivity contribution in [1.82, 2.24) is 4.31 Å². The maximum Gasteiger partial charge on any atom is 0.243 e. The molecule has 0 amide bonds. The number of sulfonamides is 1. The Bertz CT molecular complexity index is 843. The van der Waals surface area contributed by atoms with E-state index >= 15 is 0 Å². The maximum absolute atomic E-state index is 12.8. The molecule has 0 radical (unpaired) electrons. The Morgan fingerprint density at radius 2 is 1.84 bits per heavy atom. The van der Waals surface area contributed by atoms with E-state index in [9.17, 15) is 8.42 Å². The molecule has 0 spiro atoms. The van der Waals surface area contributed by atoms with Crippen LogP contribution in [0.3, 0.4) is 0 Å². The lowest BCUT2D eigenvalue weighted by atomic mass is 10.2. The van der Waals surface area contributed by atoms with Gasteiger partial charge in [-0.25, -0.2) is 8.42 Å². The minimum absolute atomic E-state index is 0.369. The van der Waals surface area contributed by atoms with E-state index in [-0.39, 0.29) is 0 Å². The van der Waals surface area contributed by atoms with Gasteiger partial charge in [0.25, 0.3) is 0 Å². The van der Waals surface area contributed by atoms with Gasteiger partial charge < -0.3 is 4.74 Å². The van der Waals surface area contributed by atoms with E-state index in [2.05, 4.69) is 32.0 Å². The van der Waals surface area contributed by atoms with E-state index < -0.39 is 10.0 Å². The molecule has 0 saturated carbocycles. The number of morpholine rings is 1. The summed E-state index contributed by atoms with van der Waals surface area (Å²) in [4.78, 5) is 1.60. The Balaban J connectivity index is 1.75. The zero-order valence-electron chi connectivity index (χ0n) is 14.6. The Hall–Kier alpha value is -1.34. The van der Waals surface area contributed by atoms with Crippen LogP contribution in [-0.4, -0.2) is 39.0 Å². The zero-order chi connectivity index (χ0) is 17.9. The van der Waals surface area contributed by atoms with Gasteiger partial charge in [-0.2, -0.15) is 4.31 Å². The number of ether oxygens (including phenoxy) is 1. The molecule has 2 aromatic rings. The SMILES string of the molecule is Cc1ccc(SCc2cccc(S(=O)(=O)N3CCOCC3)c2)c(C)c1.